The molecule has 1 saturated heterocycles. The van der Waals surface area contributed by atoms with Crippen LogP contribution in [-0.4, -0.2) is 37.4 Å². The molecule has 0 spiro atoms. The molecule has 1 aliphatic heterocycles. The van der Waals surface area contributed by atoms with Gasteiger partial charge >= 0.3 is 0 Å². The largest absolute Gasteiger partial charge is 0.341 e. The van der Waals surface area contributed by atoms with Gasteiger partial charge in [0.25, 0.3) is 10.0 Å². The number of hydrogen-bond donors (Lipinski definition) is 2. The lowest BCUT2D eigenvalue weighted by atomic mass is 9.96. The summed E-state index contributed by atoms with van der Waals surface area (Å²) < 4.78 is 25.6. The van der Waals surface area contributed by atoms with Crippen molar-refractivity contribution in [2.24, 2.45) is 5.92 Å². The first kappa shape index (κ1) is 20.6. The van der Waals surface area contributed by atoms with Crippen LogP contribution in [0, 0.1) is 5.92 Å². The Morgan fingerprint density at radius 3 is 2.44 bits per heavy atom. The molecule has 1 amide bonds. The van der Waals surface area contributed by atoms with Gasteiger partial charge in [0.05, 0.1) is 4.90 Å². The summed E-state index contributed by atoms with van der Waals surface area (Å²) in [5, 5.41) is 0. The molecule has 2 heterocycles. The van der Waals surface area contributed by atoms with E-state index in [2.05, 4.69) is 26.3 Å². The minimum absolute atomic E-state index is 0.139. The van der Waals surface area contributed by atoms with Crippen LogP contribution >= 0.6 is 0 Å². The van der Waals surface area contributed by atoms with E-state index in [0.29, 0.717) is 38.3 Å². The van der Waals surface area contributed by atoms with Crippen LogP contribution in [0.15, 0.2) is 65.8 Å². The maximum absolute atomic E-state index is 12.8. The van der Waals surface area contributed by atoms with E-state index in [0.717, 1.165) is 16.7 Å². The first-order chi connectivity index (χ1) is 15.5. The summed E-state index contributed by atoms with van der Waals surface area (Å²) in [6, 6.07) is 14.9. The number of rotatable bonds is 5. The number of nitrogens with zero attached hydrogens (tertiary/aromatic N) is 3. The van der Waals surface area contributed by atoms with Crippen LogP contribution in [0.1, 0.15) is 24.0 Å². The summed E-state index contributed by atoms with van der Waals surface area (Å²) in [7, 11) is -3.87. The van der Waals surface area contributed by atoms with E-state index in [1.807, 2.05) is 29.2 Å². The fourth-order valence-electron chi connectivity index (χ4n) is 4.36. The summed E-state index contributed by atoms with van der Waals surface area (Å²) in [5.74, 6) is 0.0498. The van der Waals surface area contributed by atoms with Gasteiger partial charge in [-0.2, -0.15) is 0 Å². The number of sulfonamides is 1. The average molecular weight is 450 g/mol. The Hall–Kier alpha value is -3.30. The summed E-state index contributed by atoms with van der Waals surface area (Å²) >= 11 is 0. The molecule has 0 radical (unpaired) electrons. The zero-order valence-corrected chi connectivity index (χ0v) is 18.2. The van der Waals surface area contributed by atoms with Gasteiger partial charge in [0.1, 0.15) is 0 Å². The van der Waals surface area contributed by atoms with Gasteiger partial charge in [0.2, 0.25) is 11.9 Å². The Bertz CT molecular complexity index is 1260. The molecule has 0 atom stereocenters. The quantitative estimate of drug-likeness (QED) is 0.453. The van der Waals surface area contributed by atoms with Gasteiger partial charge < -0.3 is 4.90 Å². The van der Waals surface area contributed by atoms with Crippen LogP contribution in [0.25, 0.3) is 11.1 Å². The maximum atomic E-state index is 12.8. The number of fused-ring (bicyclic) bond motifs is 3. The SMILES string of the molecule is O=C(NNS(=O)(=O)c1ccc2c(c1)Cc1ccccc1-2)C1CCN(c2ncccn2)CC1. The van der Waals surface area contributed by atoms with Crippen molar-refractivity contribution in [1.82, 2.24) is 20.2 Å². The van der Waals surface area contributed by atoms with Crippen molar-refractivity contribution in [2.75, 3.05) is 18.0 Å². The number of aromatic nitrogens is 2. The molecule has 0 saturated carbocycles. The Morgan fingerprint density at radius 1 is 0.938 bits per heavy atom. The molecule has 9 heteroatoms. The highest BCUT2D eigenvalue weighted by atomic mass is 32.2. The van der Waals surface area contributed by atoms with E-state index in [-0.39, 0.29) is 16.7 Å². The second-order valence-electron chi connectivity index (χ2n) is 8.06. The molecule has 3 aromatic rings. The number of piperidine rings is 1. The Morgan fingerprint density at radius 2 is 1.66 bits per heavy atom. The number of carbonyl (C=O) groups excluding carboxylic acids is 1. The van der Waals surface area contributed by atoms with Crippen LogP contribution in [0.2, 0.25) is 0 Å². The minimum atomic E-state index is -3.87. The number of carbonyl (C=O) groups is 1. The Labute approximate surface area is 186 Å². The second kappa shape index (κ2) is 8.33. The van der Waals surface area contributed by atoms with Crippen LogP contribution < -0.4 is 15.2 Å². The zero-order valence-electron chi connectivity index (χ0n) is 17.4. The van der Waals surface area contributed by atoms with Gasteiger partial charge in [-0.25, -0.2) is 18.4 Å². The fourth-order valence-corrected chi connectivity index (χ4v) is 5.26. The van der Waals surface area contributed by atoms with Gasteiger partial charge in [-0.3, -0.25) is 10.2 Å². The number of hydrogen-bond acceptors (Lipinski definition) is 6. The number of nitrogens with one attached hydrogen (secondary N) is 2. The number of anilines is 1. The van der Waals surface area contributed by atoms with Crippen molar-refractivity contribution < 1.29 is 13.2 Å². The molecule has 2 aromatic carbocycles. The van der Waals surface area contributed by atoms with Gasteiger partial charge in [0, 0.05) is 31.4 Å². The van der Waals surface area contributed by atoms with Crippen LogP contribution in [0.4, 0.5) is 5.95 Å². The third-order valence-corrected chi connectivity index (χ3v) is 7.33. The van der Waals surface area contributed by atoms with Crippen LogP contribution in [-0.2, 0) is 21.2 Å². The Balaban J connectivity index is 1.20. The topological polar surface area (TPSA) is 104 Å². The monoisotopic (exact) mass is 449 g/mol. The third kappa shape index (κ3) is 3.96. The van der Waals surface area contributed by atoms with E-state index in [1.165, 1.54) is 5.56 Å². The molecule has 8 nitrogen and oxygen atoms in total. The van der Waals surface area contributed by atoms with Crippen LogP contribution in [0.3, 0.4) is 0 Å². The van der Waals surface area contributed by atoms with Gasteiger partial charge in [-0.05, 0) is 59.7 Å². The van der Waals surface area contributed by atoms with E-state index < -0.39 is 10.0 Å². The zero-order chi connectivity index (χ0) is 22.1. The van der Waals surface area contributed by atoms with Gasteiger partial charge in [0.15, 0.2) is 0 Å². The second-order valence-corrected chi connectivity index (χ2v) is 9.74. The predicted octanol–water partition coefficient (Wildman–Crippen LogP) is 2.27. The molecule has 1 fully saturated rings. The average Bonchev–Trinajstić information content (AvgIpc) is 3.21. The van der Waals surface area contributed by atoms with E-state index in [1.54, 1.807) is 30.6 Å². The van der Waals surface area contributed by atoms with Crippen molar-refractivity contribution >= 4 is 21.9 Å². The van der Waals surface area contributed by atoms with E-state index in [9.17, 15) is 13.2 Å². The summed E-state index contributed by atoms with van der Waals surface area (Å²) in [6.45, 7) is 1.28. The first-order valence-electron chi connectivity index (χ1n) is 10.6. The first-order valence-corrected chi connectivity index (χ1v) is 12.0. The molecule has 0 unspecified atom stereocenters. The molecule has 2 N–H and O–H groups in total. The Kier molecular flexibility index (Phi) is 5.36. The molecule has 1 aliphatic carbocycles. The molecule has 1 aromatic heterocycles. The summed E-state index contributed by atoms with van der Waals surface area (Å²) in [4.78, 5) is 25.5. The molecule has 0 bridgehead atoms. The lowest BCUT2D eigenvalue weighted by Gasteiger charge is -2.31. The van der Waals surface area contributed by atoms with Crippen molar-refractivity contribution in [1.29, 1.82) is 0 Å². The standard InChI is InChI=1S/C23H23N5O3S/c29-22(16-8-12-28(13-9-16)23-24-10-3-11-25-23)26-27-32(30,31)19-6-7-21-18(15-19)14-17-4-1-2-5-20(17)21/h1-7,10-11,15-16,27H,8-9,12-14H2,(H,26,29). The van der Waals surface area contributed by atoms with E-state index >= 15 is 0 Å². The highest BCUT2D eigenvalue weighted by molar-refractivity contribution is 7.89. The smallest absolute Gasteiger partial charge is 0.257 e. The predicted molar refractivity (Wildman–Crippen MR) is 120 cm³/mol. The number of benzene rings is 2. The molecular formula is C23H23N5O3S. The molecule has 2 aliphatic rings. The molecule has 164 valence electrons. The van der Waals surface area contributed by atoms with Gasteiger partial charge in [-0.15, -0.1) is 4.83 Å². The van der Waals surface area contributed by atoms with Crippen molar-refractivity contribution in [3.63, 3.8) is 0 Å². The lowest BCUT2D eigenvalue weighted by Crippen LogP contribution is -2.47. The number of amides is 1. The van der Waals surface area contributed by atoms with Crippen molar-refractivity contribution in [3.8, 4) is 11.1 Å². The highest BCUT2D eigenvalue weighted by Gasteiger charge is 2.28. The summed E-state index contributed by atoms with van der Waals surface area (Å²) in [5.41, 5.74) is 6.75. The van der Waals surface area contributed by atoms with Gasteiger partial charge in [-0.1, -0.05) is 30.3 Å². The fraction of sp³-hybridized carbons (Fsp3) is 0.261. The maximum Gasteiger partial charge on any atom is 0.257 e. The number of hydrazine groups is 1. The highest BCUT2D eigenvalue weighted by Crippen LogP contribution is 2.37. The molecule has 32 heavy (non-hydrogen) atoms. The van der Waals surface area contributed by atoms with Crippen LogP contribution in [0.5, 0.6) is 0 Å². The minimum Gasteiger partial charge on any atom is -0.341 e. The lowest BCUT2D eigenvalue weighted by molar-refractivity contribution is -0.126. The normalized spacial score (nSPS) is 15.8. The molecular weight excluding hydrogens is 426 g/mol. The third-order valence-electron chi connectivity index (χ3n) is 6.08. The van der Waals surface area contributed by atoms with Crippen molar-refractivity contribution in [3.05, 3.63) is 72.1 Å². The van der Waals surface area contributed by atoms with E-state index in [4.69, 9.17) is 0 Å². The summed E-state index contributed by atoms with van der Waals surface area (Å²) in [6.07, 6.45) is 5.28. The van der Waals surface area contributed by atoms with Crippen molar-refractivity contribution in [2.45, 2.75) is 24.2 Å². The molecule has 5 rings (SSSR count).